The molecule has 5 heteroatoms. The van der Waals surface area contributed by atoms with Gasteiger partial charge in [-0.25, -0.2) is 0 Å². The average molecular weight is 256 g/mol. The minimum Gasteiger partial charge on any atom is -0.373 e. The zero-order valence-corrected chi connectivity index (χ0v) is 12.3. The molecule has 0 aromatic carbocycles. The maximum atomic E-state index is 5.56. The van der Waals surface area contributed by atoms with Crippen molar-refractivity contribution >= 4 is 8.80 Å². The Morgan fingerprint density at radius 2 is 1.82 bits per heavy atom. The van der Waals surface area contributed by atoms with Crippen LogP contribution in [0.5, 0.6) is 0 Å². The molecule has 0 saturated heterocycles. The molecular weight excluding hydrogens is 234 g/mol. The Hall–Kier alpha value is -0.753. The van der Waals surface area contributed by atoms with Crippen LogP contribution in [0.25, 0.3) is 0 Å². The van der Waals surface area contributed by atoms with Crippen molar-refractivity contribution in [3.05, 3.63) is 30.1 Å². The van der Waals surface area contributed by atoms with E-state index in [2.05, 4.69) is 30.7 Å². The van der Waals surface area contributed by atoms with Crippen LogP contribution < -0.4 is 4.57 Å². The van der Waals surface area contributed by atoms with Crippen molar-refractivity contribution in [3.8, 4) is 0 Å². The molecule has 1 unspecified atom stereocenters. The Morgan fingerprint density at radius 1 is 1.24 bits per heavy atom. The van der Waals surface area contributed by atoms with Crippen LogP contribution in [-0.2, 0) is 13.3 Å². The third-order valence-electron chi connectivity index (χ3n) is 2.98. The second-order valence-corrected chi connectivity index (χ2v) is 7.07. The van der Waals surface area contributed by atoms with Crippen molar-refractivity contribution in [1.82, 2.24) is 0 Å². The van der Waals surface area contributed by atoms with E-state index in [-0.39, 0.29) is 5.67 Å². The topological polar surface area (TPSA) is 31.6 Å². The molecule has 4 nitrogen and oxygen atoms in total. The van der Waals surface area contributed by atoms with E-state index in [9.17, 15) is 0 Å². The molecule has 0 amide bonds. The highest BCUT2D eigenvalue weighted by molar-refractivity contribution is 6.60. The molecule has 0 aliphatic carbocycles. The Kier molecular flexibility index (Phi) is 5.26. The lowest BCUT2D eigenvalue weighted by atomic mass is 10.3. The van der Waals surface area contributed by atoms with Gasteiger partial charge >= 0.3 is 8.80 Å². The molecule has 0 radical (unpaired) electrons. The van der Waals surface area contributed by atoms with Crippen LogP contribution in [-0.4, -0.2) is 30.1 Å². The molecule has 1 aromatic rings. The van der Waals surface area contributed by atoms with Gasteiger partial charge in [-0.2, -0.15) is 4.57 Å². The summed E-state index contributed by atoms with van der Waals surface area (Å²) >= 11 is 0. The molecule has 17 heavy (non-hydrogen) atoms. The second kappa shape index (κ2) is 6.25. The van der Waals surface area contributed by atoms with Gasteiger partial charge in [0.2, 0.25) is 5.67 Å². The van der Waals surface area contributed by atoms with Gasteiger partial charge in [-0.3, -0.25) is 0 Å². The normalized spacial score (nSPS) is 13.7. The lowest BCUT2D eigenvalue weighted by Gasteiger charge is -2.27. The van der Waals surface area contributed by atoms with E-state index in [0.29, 0.717) is 0 Å². The number of nitrogens with zero attached hydrogens (tertiary/aromatic N) is 1. The molecule has 0 N–H and O–H groups in total. The fraction of sp³-hybridized carbons (Fsp3) is 0.583. The SMILES string of the molecule is CCC([n+]1cccc(C)c1)[Si](OC)(OC)OC. The maximum Gasteiger partial charge on any atom is 0.572 e. The number of aryl methyl sites for hydroxylation is 1. The van der Waals surface area contributed by atoms with Gasteiger partial charge in [-0.05, 0) is 13.0 Å². The van der Waals surface area contributed by atoms with E-state index in [4.69, 9.17) is 13.3 Å². The molecule has 1 heterocycles. The van der Waals surface area contributed by atoms with Crippen LogP contribution >= 0.6 is 0 Å². The summed E-state index contributed by atoms with van der Waals surface area (Å²) in [6.45, 7) is 4.18. The van der Waals surface area contributed by atoms with E-state index in [1.165, 1.54) is 5.56 Å². The van der Waals surface area contributed by atoms with Gasteiger partial charge in [-0.1, -0.05) is 6.92 Å². The lowest BCUT2D eigenvalue weighted by molar-refractivity contribution is -0.710. The molecule has 96 valence electrons. The molecule has 0 fully saturated rings. The third kappa shape index (κ3) is 2.92. The van der Waals surface area contributed by atoms with Gasteiger partial charge in [0.25, 0.3) is 0 Å². The summed E-state index contributed by atoms with van der Waals surface area (Å²) < 4.78 is 18.8. The molecule has 1 atom stereocenters. The van der Waals surface area contributed by atoms with Crippen molar-refractivity contribution in [1.29, 1.82) is 0 Å². The highest BCUT2D eigenvalue weighted by Crippen LogP contribution is 2.21. The van der Waals surface area contributed by atoms with Crippen molar-refractivity contribution in [2.24, 2.45) is 0 Å². The Morgan fingerprint density at radius 3 is 2.24 bits per heavy atom. The van der Waals surface area contributed by atoms with E-state index >= 15 is 0 Å². The van der Waals surface area contributed by atoms with E-state index < -0.39 is 8.80 Å². The Bertz CT molecular complexity index is 347. The predicted molar refractivity (Wildman–Crippen MR) is 67.5 cm³/mol. The third-order valence-corrected chi connectivity index (χ3v) is 6.21. The molecule has 0 spiro atoms. The van der Waals surface area contributed by atoms with Crippen LogP contribution in [0, 0.1) is 6.92 Å². The first-order chi connectivity index (χ1) is 8.13. The van der Waals surface area contributed by atoms with Crippen molar-refractivity contribution in [2.45, 2.75) is 25.9 Å². The summed E-state index contributed by atoms with van der Waals surface area (Å²) in [5, 5.41) is 0. The fourth-order valence-electron chi connectivity index (χ4n) is 2.11. The van der Waals surface area contributed by atoms with Gasteiger partial charge in [-0.15, -0.1) is 0 Å². The predicted octanol–water partition coefficient (Wildman–Crippen LogP) is 1.65. The highest BCUT2D eigenvalue weighted by atomic mass is 28.4. The Balaban J connectivity index is 3.13. The molecule has 0 aliphatic rings. The van der Waals surface area contributed by atoms with Gasteiger partial charge < -0.3 is 13.3 Å². The number of hydrogen-bond donors (Lipinski definition) is 0. The van der Waals surface area contributed by atoms with Gasteiger partial charge in [0.05, 0.1) is 0 Å². The summed E-state index contributed by atoms with van der Waals surface area (Å²) in [5.41, 5.74) is 1.31. The standard InChI is InChI=1S/C12H22NO3Si/c1-6-12(17(14-3,15-4)16-5)13-9-7-8-11(2)10-13/h7-10,12H,6H2,1-5H3/q+1. The first-order valence-corrected chi connectivity index (χ1v) is 7.56. The fourth-order valence-corrected chi connectivity index (χ4v) is 4.45. The van der Waals surface area contributed by atoms with Crippen LogP contribution in [0.3, 0.4) is 0 Å². The van der Waals surface area contributed by atoms with Crippen LogP contribution in [0.1, 0.15) is 24.6 Å². The number of rotatable bonds is 6. The van der Waals surface area contributed by atoms with Gasteiger partial charge in [0.15, 0.2) is 12.4 Å². The largest absolute Gasteiger partial charge is 0.572 e. The van der Waals surface area contributed by atoms with Crippen molar-refractivity contribution in [2.75, 3.05) is 21.3 Å². The van der Waals surface area contributed by atoms with E-state index in [0.717, 1.165) is 6.42 Å². The monoisotopic (exact) mass is 256 g/mol. The quantitative estimate of drug-likeness (QED) is 0.573. The first kappa shape index (κ1) is 14.3. The number of aromatic nitrogens is 1. The molecule has 1 rings (SSSR count). The van der Waals surface area contributed by atoms with Crippen LogP contribution in [0.2, 0.25) is 0 Å². The maximum absolute atomic E-state index is 5.56. The summed E-state index contributed by atoms with van der Waals surface area (Å²) in [6, 6.07) is 4.09. The Labute approximate surface area is 105 Å². The minimum atomic E-state index is -2.65. The van der Waals surface area contributed by atoms with Gasteiger partial charge in [0, 0.05) is 39.4 Å². The van der Waals surface area contributed by atoms with E-state index in [1.807, 2.05) is 12.3 Å². The zero-order chi connectivity index (χ0) is 12.9. The smallest absolute Gasteiger partial charge is 0.373 e. The van der Waals surface area contributed by atoms with Crippen molar-refractivity contribution in [3.63, 3.8) is 0 Å². The average Bonchev–Trinajstić information content (AvgIpc) is 2.36. The zero-order valence-electron chi connectivity index (χ0n) is 11.3. The first-order valence-electron chi connectivity index (χ1n) is 5.76. The van der Waals surface area contributed by atoms with Crippen LogP contribution in [0.15, 0.2) is 24.5 Å². The molecular formula is C12H22NO3Si+. The second-order valence-electron chi connectivity index (χ2n) is 3.97. The molecule has 1 aromatic heterocycles. The molecule has 0 bridgehead atoms. The molecule has 0 aliphatic heterocycles. The summed E-state index contributed by atoms with van der Waals surface area (Å²) in [4.78, 5) is 0. The van der Waals surface area contributed by atoms with Crippen molar-refractivity contribution < 1.29 is 17.8 Å². The highest BCUT2D eigenvalue weighted by Gasteiger charge is 2.53. The van der Waals surface area contributed by atoms with Crippen LogP contribution in [0.4, 0.5) is 0 Å². The van der Waals surface area contributed by atoms with E-state index in [1.54, 1.807) is 21.3 Å². The number of pyridine rings is 1. The summed E-state index contributed by atoms with van der Waals surface area (Å²) in [6.07, 6.45) is 5.02. The summed E-state index contributed by atoms with van der Waals surface area (Å²) in [5.74, 6) is 0. The van der Waals surface area contributed by atoms with Gasteiger partial charge in [0.1, 0.15) is 0 Å². The number of hydrogen-bond acceptors (Lipinski definition) is 3. The lowest BCUT2D eigenvalue weighted by Crippen LogP contribution is -2.60. The summed E-state index contributed by atoms with van der Waals surface area (Å²) in [7, 11) is 2.31. The molecule has 0 saturated carbocycles. The minimum absolute atomic E-state index is 0.0994.